The number of benzene rings is 2. The second-order valence-electron chi connectivity index (χ2n) is 7.62. The molecular formula is C25H22F2N4O2. The van der Waals surface area contributed by atoms with Crippen LogP contribution < -0.4 is 5.32 Å². The molecule has 4 aromatic rings. The van der Waals surface area contributed by atoms with E-state index in [1.165, 1.54) is 30.3 Å². The van der Waals surface area contributed by atoms with Crippen LogP contribution >= 0.6 is 0 Å². The van der Waals surface area contributed by atoms with Crippen LogP contribution in [0, 0.1) is 17.6 Å². The maximum absolute atomic E-state index is 14.8. The molecule has 0 aliphatic rings. The van der Waals surface area contributed by atoms with Crippen molar-refractivity contribution in [2.24, 2.45) is 5.92 Å². The summed E-state index contributed by atoms with van der Waals surface area (Å²) in [5.74, 6) is -1.66. The van der Waals surface area contributed by atoms with Gasteiger partial charge in [0.05, 0.1) is 17.0 Å². The van der Waals surface area contributed by atoms with Crippen LogP contribution in [-0.2, 0) is 6.42 Å². The van der Waals surface area contributed by atoms with E-state index < -0.39 is 11.7 Å². The van der Waals surface area contributed by atoms with Crippen molar-refractivity contribution in [3.63, 3.8) is 0 Å². The van der Waals surface area contributed by atoms with E-state index in [2.05, 4.69) is 20.5 Å². The maximum Gasteiger partial charge on any atom is 0.252 e. The number of aromatic amines is 1. The largest absolute Gasteiger partial charge is 0.396 e. The van der Waals surface area contributed by atoms with Crippen molar-refractivity contribution in [3.8, 4) is 22.5 Å². The molecule has 0 aliphatic heterocycles. The van der Waals surface area contributed by atoms with Gasteiger partial charge in [-0.25, -0.2) is 8.78 Å². The van der Waals surface area contributed by atoms with Gasteiger partial charge in [0.1, 0.15) is 11.6 Å². The molecule has 4 rings (SSSR count). The Balaban J connectivity index is 1.53. The lowest BCUT2D eigenvalue weighted by molar-refractivity contribution is 0.0940. The number of nitrogens with one attached hydrogen (secondary N) is 2. The molecule has 2 heterocycles. The van der Waals surface area contributed by atoms with E-state index in [4.69, 9.17) is 0 Å². The van der Waals surface area contributed by atoms with Gasteiger partial charge < -0.3 is 10.4 Å². The van der Waals surface area contributed by atoms with Crippen molar-refractivity contribution >= 4 is 5.91 Å². The lowest BCUT2D eigenvalue weighted by atomic mass is 10.0. The third-order valence-corrected chi connectivity index (χ3v) is 5.28. The van der Waals surface area contributed by atoms with Crippen molar-refractivity contribution in [2.45, 2.75) is 6.42 Å². The molecule has 0 bridgehead atoms. The Morgan fingerprint density at radius 2 is 1.88 bits per heavy atom. The molecule has 1 atom stereocenters. The zero-order valence-corrected chi connectivity index (χ0v) is 17.6. The molecule has 0 fully saturated rings. The topological polar surface area (TPSA) is 90.9 Å². The highest BCUT2D eigenvalue weighted by Crippen LogP contribution is 2.29. The minimum absolute atomic E-state index is 0.0844. The third-order valence-electron chi connectivity index (χ3n) is 5.28. The van der Waals surface area contributed by atoms with Crippen LogP contribution in [0.5, 0.6) is 0 Å². The number of amides is 1. The number of aromatic nitrogens is 3. The molecule has 1 amide bonds. The number of rotatable bonds is 8. The second kappa shape index (κ2) is 10.1. The molecule has 33 heavy (non-hydrogen) atoms. The first-order chi connectivity index (χ1) is 16.0. The molecular weight excluding hydrogens is 426 g/mol. The van der Waals surface area contributed by atoms with Gasteiger partial charge in [0.15, 0.2) is 0 Å². The molecule has 8 heteroatoms. The number of halogens is 2. The van der Waals surface area contributed by atoms with Crippen molar-refractivity contribution in [1.82, 2.24) is 20.5 Å². The first kappa shape index (κ1) is 22.3. The highest BCUT2D eigenvalue weighted by atomic mass is 19.1. The fraction of sp³-hybridized carbons (Fsp3) is 0.160. The normalized spacial score (nSPS) is 11.8. The average molecular weight is 448 g/mol. The Bertz CT molecular complexity index is 1230. The van der Waals surface area contributed by atoms with Gasteiger partial charge in [-0.2, -0.15) is 5.10 Å². The standard InChI is InChI=1S/C25H22F2N4O2/c26-18-9-7-17(8-10-18)22-13-23(31-30-22)24-20(5-3-6-21(24)27)25(33)29-14-16(15-32)12-19-4-1-2-11-28-19/h1-11,13,16,32H,12,14-15H2,(H,29,33)(H,30,31)/t16-/m1/s1. The number of hydrogen-bond donors (Lipinski definition) is 3. The van der Waals surface area contributed by atoms with E-state index in [9.17, 15) is 18.7 Å². The predicted molar refractivity (Wildman–Crippen MR) is 120 cm³/mol. The van der Waals surface area contributed by atoms with Crippen molar-refractivity contribution in [1.29, 1.82) is 0 Å². The van der Waals surface area contributed by atoms with Crippen LogP contribution in [0.15, 0.2) is 72.9 Å². The Kier molecular flexibility index (Phi) is 6.85. The van der Waals surface area contributed by atoms with E-state index in [0.717, 1.165) is 5.69 Å². The molecule has 2 aromatic carbocycles. The van der Waals surface area contributed by atoms with Crippen molar-refractivity contribution < 1.29 is 18.7 Å². The maximum atomic E-state index is 14.8. The lowest BCUT2D eigenvalue weighted by Gasteiger charge is -2.16. The van der Waals surface area contributed by atoms with E-state index in [1.807, 2.05) is 18.2 Å². The quantitative estimate of drug-likeness (QED) is 0.380. The van der Waals surface area contributed by atoms with Gasteiger partial charge >= 0.3 is 0 Å². The Hall–Kier alpha value is -3.91. The van der Waals surface area contributed by atoms with Crippen LogP contribution in [0.1, 0.15) is 16.1 Å². The highest BCUT2D eigenvalue weighted by Gasteiger charge is 2.20. The predicted octanol–water partition coefficient (Wildman–Crippen LogP) is 4.00. The number of carbonyl (C=O) groups excluding carboxylic acids is 1. The monoisotopic (exact) mass is 448 g/mol. The van der Waals surface area contributed by atoms with Crippen LogP contribution in [0.4, 0.5) is 8.78 Å². The van der Waals surface area contributed by atoms with Crippen molar-refractivity contribution in [2.75, 3.05) is 13.2 Å². The van der Waals surface area contributed by atoms with Gasteiger partial charge in [-0.1, -0.05) is 12.1 Å². The van der Waals surface area contributed by atoms with Crippen LogP contribution in [0.3, 0.4) is 0 Å². The molecule has 168 valence electrons. The fourth-order valence-electron chi connectivity index (χ4n) is 3.55. The molecule has 6 nitrogen and oxygen atoms in total. The zero-order valence-electron chi connectivity index (χ0n) is 17.6. The minimum Gasteiger partial charge on any atom is -0.396 e. The molecule has 3 N–H and O–H groups in total. The summed E-state index contributed by atoms with van der Waals surface area (Å²) in [5, 5.41) is 19.4. The summed E-state index contributed by atoms with van der Waals surface area (Å²) in [4.78, 5) is 17.2. The van der Waals surface area contributed by atoms with Gasteiger partial charge in [-0.05, 0) is 61.0 Å². The summed E-state index contributed by atoms with van der Waals surface area (Å²) in [6, 6.07) is 17.2. The Morgan fingerprint density at radius 3 is 2.61 bits per heavy atom. The van der Waals surface area contributed by atoms with Crippen LogP contribution in [0.2, 0.25) is 0 Å². The molecule has 0 spiro atoms. The molecule has 0 radical (unpaired) electrons. The summed E-state index contributed by atoms with van der Waals surface area (Å²) >= 11 is 0. The minimum atomic E-state index is -0.579. The number of carbonyl (C=O) groups is 1. The van der Waals surface area contributed by atoms with E-state index >= 15 is 0 Å². The summed E-state index contributed by atoms with van der Waals surface area (Å²) in [7, 11) is 0. The average Bonchev–Trinajstić information content (AvgIpc) is 3.32. The van der Waals surface area contributed by atoms with E-state index in [-0.39, 0.29) is 36.0 Å². The first-order valence-corrected chi connectivity index (χ1v) is 10.4. The summed E-state index contributed by atoms with van der Waals surface area (Å²) in [5.41, 5.74) is 2.50. The molecule has 0 unspecified atom stereocenters. The van der Waals surface area contributed by atoms with Gasteiger partial charge in [0.25, 0.3) is 5.91 Å². The highest BCUT2D eigenvalue weighted by molar-refractivity contribution is 6.00. The van der Waals surface area contributed by atoms with E-state index in [1.54, 1.807) is 24.4 Å². The zero-order chi connectivity index (χ0) is 23.2. The van der Waals surface area contributed by atoms with Crippen LogP contribution in [-0.4, -0.2) is 39.3 Å². The molecule has 0 aliphatic carbocycles. The van der Waals surface area contributed by atoms with Crippen molar-refractivity contribution in [3.05, 3.63) is 95.8 Å². The lowest BCUT2D eigenvalue weighted by Crippen LogP contribution is -2.32. The summed E-state index contributed by atoms with van der Waals surface area (Å²) in [6.45, 7) is 0.0696. The van der Waals surface area contributed by atoms with E-state index in [0.29, 0.717) is 23.4 Å². The van der Waals surface area contributed by atoms with Gasteiger partial charge in [0.2, 0.25) is 0 Å². The smallest absolute Gasteiger partial charge is 0.252 e. The summed E-state index contributed by atoms with van der Waals surface area (Å²) in [6.07, 6.45) is 2.17. The van der Waals surface area contributed by atoms with Crippen LogP contribution in [0.25, 0.3) is 22.5 Å². The Morgan fingerprint density at radius 1 is 1.06 bits per heavy atom. The van der Waals surface area contributed by atoms with Gasteiger partial charge in [-0.15, -0.1) is 0 Å². The Labute approximate surface area is 189 Å². The molecule has 0 saturated heterocycles. The number of hydrogen-bond acceptors (Lipinski definition) is 4. The number of aliphatic hydroxyl groups is 1. The molecule has 2 aromatic heterocycles. The third kappa shape index (κ3) is 5.30. The van der Waals surface area contributed by atoms with Gasteiger partial charge in [-0.3, -0.25) is 14.9 Å². The number of pyridine rings is 1. The summed E-state index contributed by atoms with van der Waals surface area (Å²) < 4.78 is 28.0. The van der Waals surface area contributed by atoms with Gasteiger partial charge in [0, 0.05) is 42.1 Å². The molecule has 0 saturated carbocycles. The number of aliphatic hydroxyl groups excluding tert-OH is 1. The fourth-order valence-corrected chi connectivity index (χ4v) is 3.55. The first-order valence-electron chi connectivity index (χ1n) is 10.4. The number of nitrogens with zero attached hydrogens (tertiary/aromatic N) is 2. The number of H-pyrrole nitrogens is 1. The SMILES string of the molecule is O=C(NC[C@H](CO)Cc1ccccn1)c1cccc(F)c1-c1cc(-c2ccc(F)cc2)n[nH]1. The second-order valence-corrected chi connectivity index (χ2v) is 7.62.